The number of nitrogens with zero attached hydrogens (tertiary/aromatic N) is 3. The van der Waals surface area contributed by atoms with Gasteiger partial charge >= 0.3 is 0 Å². The average Bonchev–Trinajstić information content (AvgIpc) is 3.02. The van der Waals surface area contributed by atoms with Crippen molar-refractivity contribution in [1.29, 1.82) is 0 Å². The predicted molar refractivity (Wildman–Crippen MR) is 98.9 cm³/mol. The molecule has 0 aliphatic rings. The van der Waals surface area contributed by atoms with Crippen molar-refractivity contribution >= 4 is 22.7 Å². The molecule has 0 bridgehead atoms. The predicted octanol–water partition coefficient (Wildman–Crippen LogP) is 2.13. The van der Waals surface area contributed by atoms with Crippen LogP contribution in [0.2, 0.25) is 0 Å². The van der Waals surface area contributed by atoms with Crippen LogP contribution in [0.1, 0.15) is 13.3 Å². The number of fused-ring (bicyclic) bond motifs is 1. The minimum Gasteiger partial charge on any atom is -0.345 e. The highest BCUT2D eigenvalue weighted by atomic mass is 16.2. The van der Waals surface area contributed by atoms with Gasteiger partial charge in [-0.25, -0.2) is 0 Å². The summed E-state index contributed by atoms with van der Waals surface area (Å²) in [7, 11) is 0. The zero-order valence-electron chi connectivity index (χ0n) is 14.5. The highest BCUT2D eigenvalue weighted by Crippen LogP contribution is 2.12. The van der Waals surface area contributed by atoms with Crippen LogP contribution in [0.3, 0.4) is 0 Å². The fourth-order valence-corrected chi connectivity index (χ4v) is 2.63. The van der Waals surface area contributed by atoms with Crippen LogP contribution < -0.4 is 5.32 Å². The molecule has 6 heteroatoms. The number of amides is 2. The molecule has 132 valence electrons. The highest BCUT2D eigenvalue weighted by Gasteiger charge is 2.20. The van der Waals surface area contributed by atoms with E-state index in [4.69, 9.17) is 0 Å². The van der Waals surface area contributed by atoms with Crippen LogP contribution in [0, 0.1) is 0 Å². The zero-order chi connectivity index (χ0) is 18.2. The molecule has 2 rings (SSSR count). The van der Waals surface area contributed by atoms with Crippen molar-refractivity contribution in [2.45, 2.75) is 25.9 Å². The smallest absolute Gasteiger partial charge is 0.245 e. The largest absolute Gasteiger partial charge is 0.345 e. The van der Waals surface area contributed by atoms with E-state index in [1.54, 1.807) is 34.9 Å². The lowest BCUT2D eigenvalue weighted by atomic mass is 10.2. The Kier molecular flexibility index (Phi) is 6.51. The fraction of sp³-hybridized carbons (Fsp3) is 0.316. The Hall–Kier alpha value is -2.89. The standard InChI is InChI=1S/C19H24N4O2/c1-4-11-22(12-5-2)19(25)15(3)21-18(24)10-13-23-17-9-7-6-8-16(17)14-20-23/h4-9,14-15H,1-2,10-13H2,3H3,(H,21,24). The Labute approximate surface area is 147 Å². The number of hydrogen-bond donors (Lipinski definition) is 1. The zero-order valence-corrected chi connectivity index (χ0v) is 14.5. The number of hydrogen-bond acceptors (Lipinski definition) is 3. The molecule has 1 heterocycles. The summed E-state index contributed by atoms with van der Waals surface area (Å²) >= 11 is 0. The third-order valence-electron chi connectivity index (χ3n) is 3.86. The fourth-order valence-electron chi connectivity index (χ4n) is 2.63. The molecule has 1 aromatic heterocycles. The van der Waals surface area contributed by atoms with E-state index < -0.39 is 6.04 Å². The molecule has 0 aliphatic carbocycles. The van der Waals surface area contributed by atoms with Gasteiger partial charge in [-0.05, 0) is 13.0 Å². The van der Waals surface area contributed by atoms with Crippen molar-refractivity contribution in [2.24, 2.45) is 0 Å². The number of aryl methyl sites for hydroxylation is 1. The van der Waals surface area contributed by atoms with Gasteiger partial charge in [0.15, 0.2) is 0 Å². The second-order valence-corrected chi connectivity index (χ2v) is 5.79. The number of benzene rings is 1. The van der Waals surface area contributed by atoms with Gasteiger partial charge in [-0.1, -0.05) is 30.4 Å². The molecular weight excluding hydrogens is 316 g/mol. The van der Waals surface area contributed by atoms with Gasteiger partial charge in [0.1, 0.15) is 6.04 Å². The van der Waals surface area contributed by atoms with Gasteiger partial charge in [-0.15, -0.1) is 13.2 Å². The van der Waals surface area contributed by atoms with E-state index in [9.17, 15) is 9.59 Å². The summed E-state index contributed by atoms with van der Waals surface area (Å²) in [6.07, 6.45) is 5.34. The summed E-state index contributed by atoms with van der Waals surface area (Å²) < 4.78 is 1.79. The van der Waals surface area contributed by atoms with Crippen molar-refractivity contribution in [3.63, 3.8) is 0 Å². The lowest BCUT2D eigenvalue weighted by Gasteiger charge is -2.23. The van der Waals surface area contributed by atoms with E-state index in [0.717, 1.165) is 10.9 Å². The third kappa shape index (κ3) is 4.79. The third-order valence-corrected chi connectivity index (χ3v) is 3.86. The summed E-state index contributed by atoms with van der Waals surface area (Å²) in [5, 5.41) is 8.08. The molecule has 2 aromatic rings. The first-order chi connectivity index (χ1) is 12.1. The van der Waals surface area contributed by atoms with Crippen molar-refractivity contribution in [2.75, 3.05) is 13.1 Å². The first-order valence-corrected chi connectivity index (χ1v) is 8.27. The lowest BCUT2D eigenvalue weighted by molar-refractivity contribution is -0.135. The molecule has 0 saturated heterocycles. The van der Waals surface area contributed by atoms with Crippen molar-refractivity contribution < 1.29 is 9.59 Å². The number of carbonyl (C=O) groups excluding carboxylic acids is 2. The first-order valence-electron chi connectivity index (χ1n) is 8.27. The van der Waals surface area contributed by atoms with Crippen LogP contribution in [0.15, 0.2) is 55.8 Å². The van der Waals surface area contributed by atoms with E-state index in [2.05, 4.69) is 23.6 Å². The van der Waals surface area contributed by atoms with E-state index in [-0.39, 0.29) is 18.2 Å². The summed E-state index contributed by atoms with van der Waals surface area (Å²) in [6.45, 7) is 10.3. The Morgan fingerprint density at radius 1 is 1.28 bits per heavy atom. The van der Waals surface area contributed by atoms with Crippen LogP contribution in [-0.2, 0) is 16.1 Å². The van der Waals surface area contributed by atoms with Crippen molar-refractivity contribution in [1.82, 2.24) is 20.0 Å². The normalized spacial score (nSPS) is 11.7. The van der Waals surface area contributed by atoms with Gasteiger partial charge in [0.05, 0.1) is 18.3 Å². The van der Waals surface area contributed by atoms with Crippen LogP contribution in [0.25, 0.3) is 10.9 Å². The summed E-state index contributed by atoms with van der Waals surface area (Å²) in [4.78, 5) is 26.1. The number of aromatic nitrogens is 2. The van der Waals surface area contributed by atoms with E-state index in [1.807, 2.05) is 24.3 Å². The van der Waals surface area contributed by atoms with Gasteiger partial charge < -0.3 is 10.2 Å². The average molecular weight is 340 g/mol. The second-order valence-electron chi connectivity index (χ2n) is 5.79. The van der Waals surface area contributed by atoms with Gasteiger partial charge in [0.2, 0.25) is 11.8 Å². The highest BCUT2D eigenvalue weighted by molar-refractivity contribution is 5.87. The summed E-state index contributed by atoms with van der Waals surface area (Å²) in [5.41, 5.74) is 0.988. The lowest BCUT2D eigenvalue weighted by Crippen LogP contribution is -2.47. The molecule has 0 aliphatic heterocycles. The Balaban J connectivity index is 1.89. The maximum Gasteiger partial charge on any atom is 0.245 e. The van der Waals surface area contributed by atoms with Crippen LogP contribution in [0.4, 0.5) is 0 Å². The first kappa shape index (κ1) is 18.4. The quantitative estimate of drug-likeness (QED) is 0.711. The van der Waals surface area contributed by atoms with Gasteiger partial charge in [-0.2, -0.15) is 5.10 Å². The van der Waals surface area contributed by atoms with Crippen molar-refractivity contribution in [3.8, 4) is 0 Å². The van der Waals surface area contributed by atoms with E-state index in [1.165, 1.54) is 0 Å². The number of carbonyl (C=O) groups is 2. The molecule has 1 N–H and O–H groups in total. The summed E-state index contributed by atoms with van der Waals surface area (Å²) in [5.74, 6) is -0.338. The SMILES string of the molecule is C=CCN(CC=C)C(=O)C(C)NC(=O)CCn1ncc2ccccc21. The Morgan fingerprint density at radius 3 is 2.64 bits per heavy atom. The molecule has 1 atom stereocenters. The van der Waals surface area contributed by atoms with Crippen LogP contribution in [-0.4, -0.2) is 45.6 Å². The van der Waals surface area contributed by atoms with Crippen LogP contribution in [0.5, 0.6) is 0 Å². The second kappa shape index (κ2) is 8.82. The maximum absolute atomic E-state index is 12.4. The monoisotopic (exact) mass is 340 g/mol. The number of para-hydroxylation sites is 1. The molecule has 0 saturated carbocycles. The molecule has 1 unspecified atom stereocenters. The Bertz CT molecular complexity index is 756. The maximum atomic E-state index is 12.4. The van der Waals surface area contributed by atoms with Gasteiger partial charge in [0.25, 0.3) is 0 Å². The van der Waals surface area contributed by atoms with Crippen molar-refractivity contribution in [3.05, 3.63) is 55.8 Å². The molecule has 25 heavy (non-hydrogen) atoms. The number of nitrogens with one attached hydrogen (secondary N) is 1. The topological polar surface area (TPSA) is 67.2 Å². The van der Waals surface area contributed by atoms with E-state index in [0.29, 0.717) is 19.6 Å². The number of rotatable bonds is 9. The minimum absolute atomic E-state index is 0.155. The molecular formula is C19H24N4O2. The van der Waals surface area contributed by atoms with E-state index >= 15 is 0 Å². The minimum atomic E-state index is -0.596. The summed E-state index contributed by atoms with van der Waals surface area (Å²) in [6, 6.07) is 7.24. The molecule has 0 spiro atoms. The van der Waals surface area contributed by atoms with Gasteiger partial charge in [0, 0.05) is 24.9 Å². The molecule has 0 radical (unpaired) electrons. The molecule has 0 fully saturated rings. The van der Waals surface area contributed by atoms with Gasteiger partial charge in [-0.3, -0.25) is 14.3 Å². The molecule has 6 nitrogen and oxygen atoms in total. The van der Waals surface area contributed by atoms with Crippen LogP contribution >= 0.6 is 0 Å². The molecule has 2 amide bonds. The molecule has 1 aromatic carbocycles. The Morgan fingerprint density at radius 2 is 1.96 bits per heavy atom.